The summed E-state index contributed by atoms with van der Waals surface area (Å²) >= 11 is 12.5. The minimum absolute atomic E-state index is 0.000527. The molecule has 8 aliphatic rings. The first-order valence-electron chi connectivity index (χ1n) is 45.6. The molecular formula is C97H111Cl2N15O16S3. The van der Waals surface area contributed by atoms with Crippen LogP contribution in [0.25, 0.3) is 33.2 Å². The number of nitrogens with zero attached hydrogens (tertiary/aromatic N) is 10. The number of aromatic amines is 2. The maximum atomic E-state index is 14.1. The lowest BCUT2D eigenvalue weighted by atomic mass is 9.72. The summed E-state index contributed by atoms with van der Waals surface area (Å²) in [6.45, 7) is 19.9. The van der Waals surface area contributed by atoms with Crippen LogP contribution in [0.2, 0.25) is 10.0 Å². The highest BCUT2D eigenvalue weighted by atomic mass is 35.5. The molecule has 2 atom stereocenters. The average molecular weight is 1910 g/mol. The molecule has 0 spiro atoms. The topological polar surface area (TPSA) is 373 Å². The van der Waals surface area contributed by atoms with Crippen molar-refractivity contribution < 1.29 is 63.6 Å². The standard InChI is InChI=1S/C49H56ClN7O9S2.C48H55ClN8O7S/c1-49(2)16-14-35(43(27-49)33-8-10-36(50)11-9-33)30-55-18-20-56(21-19-55)37-12-13-41(46(24-37)66-38-23-34-15-17-51-47(34)52-29-38)48(58)54-68(63,64)40-25-44(57(59)60)42-22-32(31-65-45(42)26-40)28-53-67(61,62)39-6-4-3-5-7-39;1-48(2)15-13-34(41(27-48)32-7-9-35(49)10-8-32)29-55-19-21-56(22-20-55)36-11-12-40(43(24-36)64-38-23-33-14-16-50-46(33)51-28-38)47(58)52-65(61,62)39-25-42(57(59)60)45-44(26-39)63-31-37(53(45)3)30-54-17-5-4-6-18-54/h8-13,15,17,23-26,29,32,39,53H,3-7,14,16,18-22,27-28,30-31H2,1-2H3,(H,51,52)(H,54,58);7-12,14,16,23-26,28,37H,4-6,13,15,17-22,27,29-31H2,1-3H3,(H,50,51)(H,52,58)/t32-;37-/m11/s1. The third-order valence-corrected chi connectivity index (χ3v) is 32.2. The number of hydrogen-bond acceptors (Lipinski definition) is 24. The van der Waals surface area contributed by atoms with Gasteiger partial charge in [-0.3, -0.25) is 39.6 Å². The van der Waals surface area contributed by atoms with E-state index in [1.807, 2.05) is 36.4 Å². The zero-order valence-corrected chi connectivity index (χ0v) is 79.1. The molecule has 4 fully saturated rings. The van der Waals surface area contributed by atoms with Gasteiger partial charge in [-0.05, 0) is 190 Å². The molecule has 5 N–H and O–H groups in total. The minimum Gasteiger partial charge on any atom is -0.493 e. The molecule has 36 heteroatoms. The molecule has 2 amide bonds. The first-order valence-corrected chi connectivity index (χ1v) is 50.8. The van der Waals surface area contributed by atoms with Gasteiger partial charge in [0.05, 0.1) is 66.6 Å². The Morgan fingerprint density at radius 1 is 0.549 bits per heavy atom. The number of anilines is 3. The van der Waals surface area contributed by atoms with E-state index in [0.717, 1.165) is 181 Å². The number of likely N-dealkylation sites (N-methyl/N-ethyl adjacent to an activating group) is 1. The van der Waals surface area contributed by atoms with Crippen molar-refractivity contribution in [1.82, 2.24) is 48.8 Å². The number of hydrogen-bond donors (Lipinski definition) is 5. The van der Waals surface area contributed by atoms with Crippen molar-refractivity contribution in [2.24, 2.45) is 16.7 Å². The highest BCUT2D eigenvalue weighted by Crippen LogP contribution is 2.48. The fraction of sp³-hybridized carbons (Fsp3) is 0.423. The Morgan fingerprint density at radius 2 is 1.02 bits per heavy atom. The number of piperidine rings is 1. The van der Waals surface area contributed by atoms with Crippen molar-refractivity contribution >= 4 is 127 Å². The molecule has 9 heterocycles. The van der Waals surface area contributed by atoms with Crippen molar-refractivity contribution in [1.29, 1.82) is 0 Å². The number of nitrogens with one attached hydrogen (secondary N) is 5. The Hall–Kier alpha value is -11.2. The SMILES string of the molecule is CC1(C)CCC(CN2CCN(c3ccc(C(=O)NS(=O)(=O)c4cc5c(c([N+](=O)[O-])c4)C[C@H](CNS(=O)(=O)C4CCCCC4)CO5)c(Oc4cnc5[nH]ccc5c4)c3)CC2)=C(c2ccc(Cl)cc2)C1.CN1c2c(cc(S(=O)(=O)NC(=O)c3ccc(N4CCN(CC5=C(c6ccc(Cl)cc6)CC(C)(C)CC5)CC4)cc3Oc3cnc4[nH]ccc4c3)cc2[N+](=O)[O-])OC[C@H]1CN1CCCCC1. The van der Waals surface area contributed by atoms with Gasteiger partial charge in [-0.25, -0.2) is 49.4 Å². The molecule has 133 heavy (non-hydrogen) atoms. The van der Waals surface area contributed by atoms with Gasteiger partial charge in [0.15, 0.2) is 11.4 Å². The maximum Gasteiger partial charge on any atom is 0.297 e. The van der Waals surface area contributed by atoms with Gasteiger partial charge in [0.25, 0.3) is 43.2 Å². The molecule has 5 aliphatic heterocycles. The van der Waals surface area contributed by atoms with E-state index in [1.165, 1.54) is 64.4 Å². The average Bonchev–Trinajstić information content (AvgIpc) is 1.64. The van der Waals surface area contributed by atoms with E-state index in [4.69, 9.17) is 42.1 Å². The predicted molar refractivity (Wildman–Crippen MR) is 514 cm³/mol. The monoisotopic (exact) mass is 1910 g/mol. The van der Waals surface area contributed by atoms with Crippen molar-refractivity contribution in [2.75, 3.05) is 127 Å². The summed E-state index contributed by atoms with van der Waals surface area (Å²) < 4.78 is 113. The summed E-state index contributed by atoms with van der Waals surface area (Å²) in [6.07, 6.45) is 20.2. The number of benzene rings is 6. The number of piperazine rings is 2. The number of allylic oxidation sites excluding steroid dienone is 2. The fourth-order valence-electron chi connectivity index (χ4n) is 19.5. The first-order chi connectivity index (χ1) is 63.7. The fourth-order valence-corrected chi connectivity index (χ4v) is 23.4. The Balaban J connectivity index is 0.000000186. The number of likely N-dealkylation sites (tertiary alicyclic amines) is 1. The molecule has 1 saturated carbocycles. The third kappa shape index (κ3) is 21.9. The molecule has 702 valence electrons. The zero-order chi connectivity index (χ0) is 93.3. The number of carbonyl (C=O) groups is 2. The Morgan fingerprint density at radius 3 is 1.50 bits per heavy atom. The van der Waals surface area contributed by atoms with Crippen LogP contribution in [0.15, 0.2) is 179 Å². The Labute approximate surface area is 784 Å². The van der Waals surface area contributed by atoms with E-state index in [0.29, 0.717) is 60.3 Å². The number of carbonyl (C=O) groups excluding carboxylic acids is 2. The summed E-state index contributed by atoms with van der Waals surface area (Å²) in [5.41, 5.74) is 10.7. The van der Waals surface area contributed by atoms with E-state index in [9.17, 15) is 55.1 Å². The maximum absolute atomic E-state index is 14.1. The number of pyridine rings is 2. The second-order valence-electron chi connectivity index (χ2n) is 37.7. The molecule has 10 aromatic rings. The first kappa shape index (κ1) is 93.6. The van der Waals surface area contributed by atoms with Gasteiger partial charge in [-0.1, -0.05) is 112 Å². The summed E-state index contributed by atoms with van der Waals surface area (Å²) in [5.74, 6) is -1.50. The zero-order valence-electron chi connectivity index (χ0n) is 75.1. The van der Waals surface area contributed by atoms with Crippen LogP contribution in [0.5, 0.6) is 34.5 Å². The Kier molecular flexibility index (Phi) is 27.7. The summed E-state index contributed by atoms with van der Waals surface area (Å²) in [6, 6.07) is 37.7. The number of fused-ring (bicyclic) bond motifs is 4. The highest BCUT2D eigenvalue weighted by Gasteiger charge is 2.40. The number of halogens is 2. The lowest BCUT2D eigenvalue weighted by Gasteiger charge is -2.39. The number of rotatable bonds is 26. The molecule has 3 saturated heterocycles. The molecular weight excluding hydrogens is 1800 g/mol. The number of nitro groups is 2. The molecule has 0 bridgehead atoms. The number of amides is 2. The van der Waals surface area contributed by atoms with E-state index < -0.39 is 84.1 Å². The van der Waals surface area contributed by atoms with E-state index in [2.05, 4.69) is 111 Å². The molecule has 6 aromatic carbocycles. The van der Waals surface area contributed by atoms with Crippen molar-refractivity contribution in [3.8, 4) is 34.5 Å². The number of nitro benzene ring substituents is 2. The van der Waals surface area contributed by atoms with Crippen LogP contribution in [0.1, 0.15) is 155 Å². The predicted octanol–water partition coefficient (Wildman–Crippen LogP) is 17.1. The van der Waals surface area contributed by atoms with Crippen molar-refractivity contribution in [3.05, 3.63) is 227 Å². The molecule has 4 aromatic heterocycles. The smallest absolute Gasteiger partial charge is 0.297 e. The van der Waals surface area contributed by atoms with Crippen molar-refractivity contribution in [2.45, 2.75) is 145 Å². The van der Waals surface area contributed by atoms with Crippen LogP contribution in [0.3, 0.4) is 0 Å². The summed E-state index contributed by atoms with van der Waals surface area (Å²) in [4.78, 5) is 79.2. The molecule has 0 unspecified atom stereocenters. The molecule has 31 nitrogen and oxygen atoms in total. The van der Waals surface area contributed by atoms with Gasteiger partial charge in [0.2, 0.25) is 10.0 Å². The van der Waals surface area contributed by atoms with Crippen LogP contribution < -0.4 is 47.8 Å². The van der Waals surface area contributed by atoms with Crippen LogP contribution in [-0.4, -0.2) is 205 Å². The van der Waals surface area contributed by atoms with E-state index >= 15 is 0 Å². The second-order valence-corrected chi connectivity index (χ2v) is 44.0. The van der Waals surface area contributed by atoms with Crippen LogP contribution in [0.4, 0.5) is 28.4 Å². The number of sulfonamides is 3. The third-order valence-electron chi connectivity index (χ3n) is 27.1. The number of aromatic nitrogens is 4. The van der Waals surface area contributed by atoms with Gasteiger partial charge in [-0.2, -0.15) is 0 Å². The van der Waals surface area contributed by atoms with Gasteiger partial charge in [0, 0.05) is 172 Å². The number of H-pyrrole nitrogens is 2. The summed E-state index contributed by atoms with van der Waals surface area (Å²) in [5, 5.41) is 27.4. The van der Waals surface area contributed by atoms with Crippen LogP contribution >= 0.6 is 23.2 Å². The number of ether oxygens (including phenoxy) is 4. The highest BCUT2D eigenvalue weighted by molar-refractivity contribution is 7.90. The van der Waals surface area contributed by atoms with Gasteiger partial charge >= 0.3 is 0 Å². The van der Waals surface area contributed by atoms with Crippen molar-refractivity contribution in [3.63, 3.8) is 0 Å². The van der Waals surface area contributed by atoms with E-state index in [1.54, 1.807) is 66.8 Å². The molecule has 3 aliphatic carbocycles. The van der Waals surface area contributed by atoms with Gasteiger partial charge in [0.1, 0.15) is 46.6 Å². The lowest BCUT2D eigenvalue weighted by molar-refractivity contribution is -0.386. The van der Waals surface area contributed by atoms with Gasteiger partial charge < -0.3 is 48.5 Å². The minimum atomic E-state index is -4.72. The van der Waals surface area contributed by atoms with Crippen LogP contribution in [0, 0.1) is 37.0 Å². The van der Waals surface area contributed by atoms with Crippen LogP contribution in [-0.2, 0) is 36.5 Å². The molecule has 18 rings (SSSR count). The second kappa shape index (κ2) is 39.4. The summed E-state index contributed by atoms with van der Waals surface area (Å²) in [7, 11) is -11.2. The normalized spacial score (nSPS) is 19.4. The largest absolute Gasteiger partial charge is 0.493 e. The van der Waals surface area contributed by atoms with E-state index in [-0.39, 0.29) is 88.4 Å². The van der Waals surface area contributed by atoms with Gasteiger partial charge in [-0.15, -0.1) is 0 Å². The molecule has 0 radical (unpaired) electrons. The lowest BCUT2D eigenvalue weighted by Crippen LogP contribution is -2.49. The quantitative estimate of drug-likeness (QED) is 0.0248. The Bertz CT molecular complexity index is 6500.